The van der Waals surface area contributed by atoms with Crippen LogP contribution in [0.15, 0.2) is 53.4 Å². The second-order valence-electron chi connectivity index (χ2n) is 10.9. The number of benzene rings is 2. The maximum absolute atomic E-state index is 12.9. The Balaban J connectivity index is 2.05. The second-order valence-corrected chi connectivity index (χ2v) is 16.3. The van der Waals surface area contributed by atoms with Gasteiger partial charge in [0.1, 0.15) is 5.75 Å². The number of rotatable bonds is 16. The molecule has 2 aromatic carbocycles. The Bertz CT molecular complexity index is 945. The van der Waals surface area contributed by atoms with Crippen molar-refractivity contribution in [2.45, 2.75) is 97.5 Å². The third-order valence-electron chi connectivity index (χ3n) is 7.35. The molecule has 0 aromatic heterocycles. The predicted molar refractivity (Wildman–Crippen MR) is 163 cm³/mol. The highest BCUT2D eigenvalue weighted by Crippen LogP contribution is 2.63. The summed E-state index contributed by atoms with van der Waals surface area (Å²) < 4.78 is 5.49. The van der Waals surface area contributed by atoms with E-state index in [2.05, 4.69) is 45.0 Å². The smallest absolute Gasteiger partial charge is 0.316 e. The van der Waals surface area contributed by atoms with Crippen molar-refractivity contribution >= 4 is 30.1 Å². The van der Waals surface area contributed by atoms with Crippen LogP contribution in [-0.2, 0) is 11.0 Å². The van der Waals surface area contributed by atoms with Crippen LogP contribution >= 0.6 is 19.0 Å². The molecule has 5 heteroatoms. The maximum Gasteiger partial charge on any atom is 0.316 e. The Kier molecular flexibility index (Phi) is 13.4. The molecule has 0 atom stereocenters. The minimum Gasteiger partial charge on any atom is -0.426 e. The first-order chi connectivity index (χ1) is 17.7. The van der Waals surface area contributed by atoms with Crippen LogP contribution in [0.2, 0.25) is 0 Å². The molecular weight excluding hydrogens is 495 g/mol. The highest BCUT2D eigenvalue weighted by Gasteiger charge is 2.35. The van der Waals surface area contributed by atoms with Gasteiger partial charge in [0.2, 0.25) is 5.12 Å². The maximum atomic E-state index is 12.9. The van der Waals surface area contributed by atoms with Crippen LogP contribution in [-0.4, -0.2) is 29.6 Å². The average molecular weight is 544 g/mol. The van der Waals surface area contributed by atoms with Gasteiger partial charge < -0.3 is 4.74 Å². The van der Waals surface area contributed by atoms with Gasteiger partial charge in [-0.2, -0.15) is 0 Å². The molecule has 0 aliphatic rings. The molecule has 0 N–H and O–H groups in total. The zero-order valence-electron chi connectivity index (χ0n) is 24.0. The summed E-state index contributed by atoms with van der Waals surface area (Å²) >= 11 is 1.26. The molecule has 0 fully saturated rings. The van der Waals surface area contributed by atoms with E-state index in [4.69, 9.17) is 4.74 Å². The number of hydrogen-bond donors (Lipinski definition) is 0. The molecule has 0 bridgehead atoms. The first-order valence-corrected chi connectivity index (χ1v) is 17.5. The molecule has 0 radical (unpaired) electrons. The van der Waals surface area contributed by atoms with E-state index in [0.717, 1.165) is 4.90 Å². The summed E-state index contributed by atoms with van der Waals surface area (Å²) in [7, 11) is -0.996. The van der Waals surface area contributed by atoms with Gasteiger partial charge in [-0.1, -0.05) is 59.1 Å². The zero-order chi connectivity index (χ0) is 27.3. The molecule has 0 amide bonds. The molecule has 2 rings (SSSR count). The van der Waals surface area contributed by atoms with Gasteiger partial charge in [-0.05, 0) is 93.3 Å². The minimum absolute atomic E-state index is 0.00445. The second kappa shape index (κ2) is 15.7. The highest BCUT2D eigenvalue weighted by molar-refractivity contribution is 8.14. The lowest BCUT2D eigenvalue weighted by molar-refractivity contribution is -0.144. The summed E-state index contributed by atoms with van der Waals surface area (Å²) in [5, 5.41) is -0.00445. The lowest BCUT2D eigenvalue weighted by Crippen LogP contribution is -2.28. The third-order valence-corrected chi connectivity index (χ3v) is 13.1. The number of thioether (sulfide) groups is 1. The number of ether oxygens (including phenoxy) is 1. The van der Waals surface area contributed by atoms with Crippen LogP contribution in [0.25, 0.3) is 0 Å². The van der Waals surface area contributed by atoms with E-state index in [1.807, 2.05) is 20.8 Å². The molecule has 0 heterocycles. The van der Waals surface area contributed by atoms with E-state index < -0.39 is 12.7 Å². The van der Waals surface area contributed by atoms with E-state index in [9.17, 15) is 9.59 Å². The van der Waals surface area contributed by atoms with Crippen molar-refractivity contribution in [3.8, 4) is 5.75 Å². The van der Waals surface area contributed by atoms with Gasteiger partial charge in [0.15, 0.2) is 0 Å². The molecule has 0 unspecified atom stereocenters. The number of esters is 1. The van der Waals surface area contributed by atoms with Gasteiger partial charge >= 0.3 is 5.97 Å². The van der Waals surface area contributed by atoms with E-state index >= 15 is 0 Å². The van der Waals surface area contributed by atoms with Gasteiger partial charge in [0, 0.05) is 17.7 Å². The van der Waals surface area contributed by atoms with Gasteiger partial charge in [-0.15, -0.1) is 0 Å². The van der Waals surface area contributed by atoms with Crippen molar-refractivity contribution in [2.75, 3.05) is 18.5 Å². The number of hydrogen-bond acceptors (Lipinski definition) is 4. The van der Waals surface area contributed by atoms with Crippen LogP contribution in [0, 0.1) is 5.41 Å². The van der Waals surface area contributed by atoms with E-state index in [-0.39, 0.29) is 11.1 Å². The summed E-state index contributed by atoms with van der Waals surface area (Å²) in [5.74, 6) is 0.215. The topological polar surface area (TPSA) is 43.4 Å². The fourth-order valence-electron chi connectivity index (χ4n) is 4.32. The quantitative estimate of drug-likeness (QED) is 0.0914. The lowest BCUT2D eigenvalue weighted by atomic mass is 9.91. The number of carbonyl (C=O) groups is 2. The minimum atomic E-state index is -0.996. The Morgan fingerprint density at radius 3 is 1.76 bits per heavy atom. The molecule has 0 saturated heterocycles. The standard InChI is InChI=1S/C32H48O3PS/c1-7-11-22-36(23-12-8-2,24-13-9-3)25-26-14-20-29(21-15-26)37-30(33)27-16-18-28(19-17-27)35-31(34)32(5,6)10-4/h14-21H,7-13,22-25H2,1-6H3/q+1. The first-order valence-electron chi connectivity index (χ1n) is 14.2. The van der Waals surface area contributed by atoms with Crippen molar-refractivity contribution < 1.29 is 14.3 Å². The van der Waals surface area contributed by atoms with Crippen molar-refractivity contribution in [1.82, 2.24) is 0 Å². The van der Waals surface area contributed by atoms with Crippen LogP contribution in [0.4, 0.5) is 0 Å². The molecule has 0 spiro atoms. The molecular formula is C32H48O3PS+. The fourth-order valence-corrected chi connectivity index (χ4v) is 10.1. The third kappa shape index (κ3) is 10.2. The molecule has 2 aromatic rings. The zero-order valence-corrected chi connectivity index (χ0v) is 25.7. The Hall–Kier alpha value is -1.64. The van der Waals surface area contributed by atoms with Crippen molar-refractivity contribution in [3.63, 3.8) is 0 Å². The molecule has 0 aliphatic heterocycles. The Morgan fingerprint density at radius 1 is 0.784 bits per heavy atom. The number of unbranched alkanes of at least 4 members (excludes halogenated alkanes) is 3. The van der Waals surface area contributed by atoms with Gasteiger partial charge in [-0.3, -0.25) is 9.59 Å². The normalized spacial score (nSPS) is 11.9. The summed E-state index contributed by atoms with van der Waals surface area (Å²) in [6, 6.07) is 15.6. The monoisotopic (exact) mass is 543 g/mol. The molecule has 0 aliphatic carbocycles. The SMILES string of the molecule is CCCC[P+](CCCC)(CCCC)Cc1ccc(SC(=O)c2ccc(OC(=O)C(C)(C)CC)cc2)cc1. The highest BCUT2D eigenvalue weighted by atomic mass is 32.2. The Labute approximate surface area is 230 Å². The van der Waals surface area contributed by atoms with Crippen LogP contribution in [0.3, 0.4) is 0 Å². The molecule has 0 saturated carbocycles. The van der Waals surface area contributed by atoms with Gasteiger partial charge in [0.25, 0.3) is 0 Å². The summed E-state index contributed by atoms with van der Waals surface area (Å²) in [6.45, 7) is 12.6. The first kappa shape index (κ1) is 31.6. The lowest BCUT2D eigenvalue weighted by Gasteiger charge is -2.28. The van der Waals surface area contributed by atoms with E-state index in [1.165, 1.54) is 80.5 Å². The van der Waals surface area contributed by atoms with Crippen LogP contribution < -0.4 is 4.74 Å². The van der Waals surface area contributed by atoms with Crippen molar-refractivity contribution in [1.29, 1.82) is 0 Å². The van der Waals surface area contributed by atoms with Gasteiger partial charge in [0.05, 0.1) is 30.1 Å². The predicted octanol–water partition coefficient (Wildman–Crippen LogP) is 9.88. The summed E-state index contributed by atoms with van der Waals surface area (Å²) in [5.41, 5.74) is 1.50. The number of carbonyl (C=O) groups excluding carboxylic acids is 2. The summed E-state index contributed by atoms with van der Waals surface area (Å²) in [4.78, 5) is 26.2. The largest absolute Gasteiger partial charge is 0.426 e. The molecule has 3 nitrogen and oxygen atoms in total. The van der Waals surface area contributed by atoms with Crippen molar-refractivity contribution in [3.05, 3.63) is 59.7 Å². The van der Waals surface area contributed by atoms with Crippen molar-refractivity contribution in [2.24, 2.45) is 5.41 Å². The van der Waals surface area contributed by atoms with E-state index in [1.54, 1.807) is 24.3 Å². The molecule has 37 heavy (non-hydrogen) atoms. The van der Waals surface area contributed by atoms with Crippen LogP contribution in [0.5, 0.6) is 5.75 Å². The summed E-state index contributed by atoms with van der Waals surface area (Å²) in [6.07, 6.45) is 14.1. The van der Waals surface area contributed by atoms with Crippen LogP contribution in [0.1, 0.15) is 102 Å². The van der Waals surface area contributed by atoms with E-state index in [0.29, 0.717) is 17.7 Å². The average Bonchev–Trinajstić information content (AvgIpc) is 2.90. The fraction of sp³-hybridized carbons (Fsp3) is 0.562. The van der Waals surface area contributed by atoms with Gasteiger partial charge in [-0.25, -0.2) is 0 Å². The molecule has 204 valence electrons. The Morgan fingerprint density at radius 2 is 1.30 bits per heavy atom.